The van der Waals surface area contributed by atoms with Crippen LogP contribution in [0.15, 0.2) is 96.7 Å². The van der Waals surface area contributed by atoms with E-state index in [0.717, 1.165) is 31.3 Å². The van der Waals surface area contributed by atoms with Gasteiger partial charge in [-0.25, -0.2) is 5.01 Å². The van der Waals surface area contributed by atoms with Crippen molar-refractivity contribution < 1.29 is 9.21 Å². The highest BCUT2D eigenvalue weighted by atomic mass is 79.9. The van der Waals surface area contributed by atoms with Crippen molar-refractivity contribution in [1.82, 2.24) is 20.2 Å². The number of pyridine rings is 1. The Bertz CT molecular complexity index is 1330. The lowest BCUT2D eigenvalue weighted by atomic mass is 9.98. The molecule has 0 spiro atoms. The van der Waals surface area contributed by atoms with Crippen LogP contribution in [0.4, 0.5) is 0 Å². The van der Waals surface area contributed by atoms with E-state index in [4.69, 9.17) is 9.52 Å². The second-order valence-electron chi connectivity index (χ2n) is 7.46. The van der Waals surface area contributed by atoms with Crippen molar-refractivity contribution in [3.8, 4) is 11.5 Å². The van der Waals surface area contributed by atoms with Gasteiger partial charge in [-0.1, -0.05) is 67.9 Å². The van der Waals surface area contributed by atoms with Crippen LogP contribution >= 0.6 is 43.6 Å². The molecule has 170 valence electrons. The quantitative estimate of drug-likeness (QED) is 0.248. The number of hydrogen-bond donors (Lipinski definition) is 0. The van der Waals surface area contributed by atoms with Gasteiger partial charge in [-0.3, -0.25) is 9.78 Å². The van der Waals surface area contributed by atoms with Crippen molar-refractivity contribution in [2.75, 3.05) is 5.75 Å². The molecule has 4 aromatic rings. The number of thioether (sulfide) groups is 1. The number of rotatable bonds is 6. The molecule has 1 unspecified atom stereocenters. The Balaban J connectivity index is 1.34. The molecule has 1 aliphatic rings. The maximum Gasteiger partial charge on any atom is 0.277 e. The lowest BCUT2D eigenvalue weighted by Crippen LogP contribution is -2.28. The zero-order valence-electron chi connectivity index (χ0n) is 17.6. The van der Waals surface area contributed by atoms with Crippen LogP contribution < -0.4 is 0 Å². The topological polar surface area (TPSA) is 84.5 Å². The standard InChI is InChI=1S/C24H17Br2N5O2S/c25-18-5-1-15(2-6-18)20-13-21(16-3-7-19(26)8-4-16)31(30-20)22(32)14-34-24-29-28-23(33-24)17-9-11-27-12-10-17/h1-12,21H,13-14H2. The average Bonchev–Trinajstić information content (AvgIpc) is 3.52. The van der Waals surface area contributed by atoms with E-state index >= 15 is 0 Å². The fourth-order valence-corrected chi connectivity index (χ4v) is 4.71. The molecule has 0 aliphatic carbocycles. The zero-order valence-corrected chi connectivity index (χ0v) is 21.6. The Morgan fingerprint density at radius 3 is 2.32 bits per heavy atom. The first-order valence-corrected chi connectivity index (χ1v) is 12.9. The van der Waals surface area contributed by atoms with Crippen molar-refractivity contribution in [3.05, 3.63) is 93.1 Å². The third-order valence-electron chi connectivity index (χ3n) is 5.25. The molecule has 0 radical (unpaired) electrons. The summed E-state index contributed by atoms with van der Waals surface area (Å²) in [5.74, 6) is 0.387. The molecule has 2 aromatic heterocycles. The van der Waals surface area contributed by atoms with Gasteiger partial charge in [0.15, 0.2) is 0 Å². The van der Waals surface area contributed by atoms with E-state index < -0.39 is 0 Å². The van der Waals surface area contributed by atoms with Crippen molar-refractivity contribution >= 4 is 55.2 Å². The molecule has 0 N–H and O–H groups in total. The largest absolute Gasteiger partial charge is 0.411 e. The second kappa shape index (κ2) is 10.2. The molecule has 2 aromatic carbocycles. The highest BCUT2D eigenvalue weighted by Gasteiger charge is 2.33. The van der Waals surface area contributed by atoms with Crippen LogP contribution in [0.3, 0.4) is 0 Å². The van der Waals surface area contributed by atoms with Crippen LogP contribution in [0.5, 0.6) is 0 Å². The van der Waals surface area contributed by atoms with Gasteiger partial charge in [-0.2, -0.15) is 5.10 Å². The van der Waals surface area contributed by atoms with Gasteiger partial charge in [0, 0.05) is 33.3 Å². The van der Waals surface area contributed by atoms with E-state index in [1.807, 2.05) is 48.5 Å². The summed E-state index contributed by atoms with van der Waals surface area (Å²) in [7, 11) is 0. The lowest BCUT2D eigenvalue weighted by Gasteiger charge is -2.21. The van der Waals surface area contributed by atoms with Gasteiger partial charge < -0.3 is 4.42 Å². The number of nitrogens with zero attached hydrogens (tertiary/aromatic N) is 5. The molecule has 1 aliphatic heterocycles. The summed E-state index contributed by atoms with van der Waals surface area (Å²) in [6.07, 6.45) is 3.95. The van der Waals surface area contributed by atoms with Crippen molar-refractivity contribution in [1.29, 1.82) is 0 Å². The van der Waals surface area contributed by atoms with E-state index in [1.54, 1.807) is 29.5 Å². The number of hydrazone groups is 1. The van der Waals surface area contributed by atoms with Crippen LogP contribution in [0, 0.1) is 0 Å². The van der Waals surface area contributed by atoms with Gasteiger partial charge in [0.25, 0.3) is 11.1 Å². The number of benzene rings is 2. The molecule has 0 bridgehead atoms. The van der Waals surface area contributed by atoms with Crippen LogP contribution in [-0.4, -0.2) is 37.6 Å². The monoisotopic (exact) mass is 597 g/mol. The van der Waals surface area contributed by atoms with E-state index in [2.05, 4.69) is 47.0 Å². The van der Waals surface area contributed by atoms with Crippen LogP contribution in [0.1, 0.15) is 23.6 Å². The number of aromatic nitrogens is 3. The lowest BCUT2D eigenvalue weighted by molar-refractivity contribution is -0.130. The smallest absolute Gasteiger partial charge is 0.277 e. The molecule has 1 amide bonds. The molecule has 3 heterocycles. The first-order valence-electron chi connectivity index (χ1n) is 10.3. The minimum atomic E-state index is -0.185. The summed E-state index contributed by atoms with van der Waals surface area (Å²) in [6, 6.07) is 19.3. The van der Waals surface area contributed by atoms with E-state index in [-0.39, 0.29) is 17.7 Å². The number of carbonyl (C=O) groups is 1. The fourth-order valence-electron chi connectivity index (χ4n) is 3.57. The number of halogens is 2. The van der Waals surface area contributed by atoms with E-state index in [1.165, 1.54) is 11.8 Å². The predicted octanol–water partition coefficient (Wildman–Crippen LogP) is 6.13. The molecule has 0 fully saturated rings. The predicted molar refractivity (Wildman–Crippen MR) is 137 cm³/mol. The minimum absolute atomic E-state index is 0.127. The summed E-state index contributed by atoms with van der Waals surface area (Å²) < 4.78 is 7.68. The van der Waals surface area contributed by atoms with Crippen LogP contribution in [0.25, 0.3) is 11.5 Å². The van der Waals surface area contributed by atoms with Crippen molar-refractivity contribution in [2.24, 2.45) is 5.10 Å². The second-order valence-corrected chi connectivity index (χ2v) is 10.2. The van der Waals surface area contributed by atoms with Gasteiger partial charge >= 0.3 is 0 Å². The normalized spacial score (nSPS) is 15.4. The fraction of sp³-hybridized carbons (Fsp3) is 0.125. The minimum Gasteiger partial charge on any atom is -0.411 e. The summed E-state index contributed by atoms with van der Waals surface area (Å²) in [6.45, 7) is 0. The Hall–Kier alpha value is -2.82. The van der Waals surface area contributed by atoms with Gasteiger partial charge in [-0.05, 0) is 47.5 Å². The van der Waals surface area contributed by atoms with Gasteiger partial charge in [0.2, 0.25) is 5.89 Å². The Morgan fingerprint density at radius 2 is 1.62 bits per heavy atom. The van der Waals surface area contributed by atoms with E-state index in [0.29, 0.717) is 17.5 Å². The molecule has 0 saturated heterocycles. The van der Waals surface area contributed by atoms with Crippen LogP contribution in [-0.2, 0) is 4.79 Å². The molecular formula is C24H17Br2N5O2S. The van der Waals surface area contributed by atoms with Gasteiger partial charge in [-0.15, -0.1) is 10.2 Å². The Kier molecular flexibility index (Phi) is 6.89. The maximum absolute atomic E-state index is 13.3. The number of amides is 1. The Labute approximate surface area is 216 Å². The first kappa shape index (κ1) is 22.9. The summed E-state index contributed by atoms with van der Waals surface area (Å²) in [5, 5.41) is 14.8. The van der Waals surface area contributed by atoms with Crippen LogP contribution in [0.2, 0.25) is 0 Å². The van der Waals surface area contributed by atoms with Crippen molar-refractivity contribution in [2.45, 2.75) is 17.7 Å². The summed E-state index contributed by atoms with van der Waals surface area (Å²) in [5.41, 5.74) is 3.66. The highest BCUT2D eigenvalue weighted by Crippen LogP contribution is 2.34. The zero-order chi connectivity index (χ0) is 23.5. The molecule has 0 saturated carbocycles. The average molecular weight is 599 g/mol. The summed E-state index contributed by atoms with van der Waals surface area (Å²) in [4.78, 5) is 17.2. The molecule has 34 heavy (non-hydrogen) atoms. The molecule has 10 heteroatoms. The number of hydrogen-bond acceptors (Lipinski definition) is 7. The summed E-state index contributed by atoms with van der Waals surface area (Å²) >= 11 is 8.15. The third kappa shape index (κ3) is 5.13. The molecule has 5 rings (SSSR count). The SMILES string of the molecule is O=C(CSc1nnc(-c2ccncc2)o1)N1N=C(c2ccc(Br)cc2)CC1c1ccc(Br)cc1. The number of carbonyl (C=O) groups excluding carboxylic acids is 1. The third-order valence-corrected chi connectivity index (χ3v) is 7.11. The first-order chi connectivity index (χ1) is 16.6. The highest BCUT2D eigenvalue weighted by molar-refractivity contribution is 9.10. The van der Waals surface area contributed by atoms with Gasteiger partial charge in [0.05, 0.1) is 17.5 Å². The molecular weight excluding hydrogens is 582 g/mol. The molecule has 1 atom stereocenters. The van der Waals surface area contributed by atoms with Crippen molar-refractivity contribution in [3.63, 3.8) is 0 Å². The Morgan fingerprint density at radius 1 is 0.941 bits per heavy atom. The van der Waals surface area contributed by atoms with E-state index in [9.17, 15) is 4.79 Å². The molecule has 7 nitrogen and oxygen atoms in total. The maximum atomic E-state index is 13.3. The van der Waals surface area contributed by atoms with Gasteiger partial charge in [0.1, 0.15) is 0 Å².